The van der Waals surface area contributed by atoms with Crippen molar-refractivity contribution >= 4 is 17.7 Å². The summed E-state index contributed by atoms with van der Waals surface area (Å²) in [7, 11) is 0. The monoisotopic (exact) mass is 473 g/mol. The molecule has 0 bridgehead atoms. The Morgan fingerprint density at radius 1 is 0.794 bits per heavy atom. The second-order valence-corrected chi connectivity index (χ2v) is 10.1. The lowest BCUT2D eigenvalue weighted by Gasteiger charge is -2.25. The first-order valence-electron chi connectivity index (χ1n) is 12.4. The third-order valence-corrected chi connectivity index (χ3v) is 7.62. The Labute approximate surface area is 208 Å². The normalized spacial score (nSPS) is 17.9. The van der Waals surface area contributed by atoms with Crippen molar-refractivity contribution in [3.63, 3.8) is 0 Å². The van der Waals surface area contributed by atoms with Gasteiger partial charge in [0.15, 0.2) is 0 Å². The molecule has 178 valence electrons. The van der Waals surface area contributed by atoms with Gasteiger partial charge in [0.05, 0.1) is 6.61 Å². The molecule has 4 heteroatoms. The van der Waals surface area contributed by atoms with Gasteiger partial charge >= 0.3 is 0 Å². The van der Waals surface area contributed by atoms with E-state index in [1.54, 1.807) is 0 Å². The van der Waals surface area contributed by atoms with E-state index in [1.165, 1.54) is 16.7 Å². The van der Waals surface area contributed by atoms with Crippen LogP contribution in [0.2, 0.25) is 0 Å². The molecule has 0 N–H and O–H groups in total. The van der Waals surface area contributed by atoms with E-state index < -0.39 is 0 Å². The van der Waals surface area contributed by atoms with Crippen molar-refractivity contribution in [3.8, 4) is 0 Å². The van der Waals surface area contributed by atoms with Crippen molar-refractivity contribution in [2.75, 3.05) is 12.4 Å². The Morgan fingerprint density at radius 2 is 1.41 bits per heavy atom. The predicted molar refractivity (Wildman–Crippen MR) is 141 cm³/mol. The Kier molecular flexibility index (Phi) is 9.65. The van der Waals surface area contributed by atoms with Crippen LogP contribution >= 0.6 is 11.8 Å². The van der Waals surface area contributed by atoms with Crippen LogP contribution < -0.4 is 0 Å². The zero-order valence-corrected chi connectivity index (χ0v) is 20.7. The minimum Gasteiger partial charge on any atom is -0.377 e. The maximum absolute atomic E-state index is 13.3. The highest BCUT2D eigenvalue weighted by molar-refractivity contribution is 7.98. The van der Waals surface area contributed by atoms with Crippen molar-refractivity contribution < 1.29 is 9.53 Å². The number of hydrogen-bond acceptors (Lipinski definition) is 3. The fourth-order valence-corrected chi connectivity index (χ4v) is 5.72. The molecule has 0 saturated carbocycles. The molecule has 1 aliphatic heterocycles. The number of amides is 1. The standard InChI is InChI=1S/C30H35NO2S/c32-30-28(24-34-23-27-16-8-3-9-17-27)20-29(31(30)21-25-12-4-1-5-13-25)18-10-11-19-33-22-26-14-6-2-7-15-26/h1-9,12-17,28-29H,10-11,18-24H2. The van der Waals surface area contributed by atoms with Gasteiger partial charge in [-0.25, -0.2) is 0 Å². The van der Waals surface area contributed by atoms with E-state index in [9.17, 15) is 4.79 Å². The maximum Gasteiger partial charge on any atom is 0.227 e. The van der Waals surface area contributed by atoms with Crippen LogP contribution in [0.5, 0.6) is 0 Å². The second kappa shape index (κ2) is 13.4. The second-order valence-electron chi connectivity index (χ2n) is 9.07. The fraction of sp³-hybridized carbons (Fsp3) is 0.367. The van der Waals surface area contributed by atoms with Crippen LogP contribution in [0.25, 0.3) is 0 Å². The summed E-state index contributed by atoms with van der Waals surface area (Å²) in [6.45, 7) is 2.16. The van der Waals surface area contributed by atoms with Crippen LogP contribution in [0.15, 0.2) is 91.0 Å². The molecule has 1 saturated heterocycles. The zero-order valence-electron chi connectivity index (χ0n) is 19.9. The Hall–Kier alpha value is -2.56. The molecule has 0 aromatic heterocycles. The smallest absolute Gasteiger partial charge is 0.227 e. The quantitative estimate of drug-likeness (QED) is 0.258. The first-order chi connectivity index (χ1) is 16.8. The fourth-order valence-electron chi connectivity index (χ4n) is 4.61. The number of carbonyl (C=O) groups excluding carboxylic acids is 1. The Balaban J connectivity index is 1.26. The Bertz CT molecular complexity index is 980. The number of carbonyl (C=O) groups is 1. The van der Waals surface area contributed by atoms with Gasteiger partial charge < -0.3 is 9.64 Å². The van der Waals surface area contributed by atoms with Crippen molar-refractivity contribution in [1.82, 2.24) is 4.90 Å². The van der Waals surface area contributed by atoms with E-state index in [1.807, 2.05) is 42.1 Å². The van der Waals surface area contributed by atoms with Gasteiger partial charge in [0, 0.05) is 36.6 Å². The predicted octanol–water partition coefficient (Wildman–Crippen LogP) is 6.72. The number of nitrogens with zero attached hydrogens (tertiary/aromatic N) is 1. The summed E-state index contributed by atoms with van der Waals surface area (Å²) in [5.74, 6) is 2.31. The highest BCUT2D eigenvalue weighted by atomic mass is 32.2. The lowest BCUT2D eigenvalue weighted by molar-refractivity contribution is -0.132. The summed E-state index contributed by atoms with van der Waals surface area (Å²) in [6, 6.07) is 31.6. The average molecular weight is 474 g/mol. The molecule has 1 amide bonds. The number of likely N-dealkylation sites (tertiary alicyclic amines) is 1. The molecule has 2 unspecified atom stereocenters. The van der Waals surface area contributed by atoms with Crippen molar-refractivity contribution in [1.29, 1.82) is 0 Å². The summed E-state index contributed by atoms with van der Waals surface area (Å²) in [6.07, 6.45) is 4.14. The van der Waals surface area contributed by atoms with Gasteiger partial charge in [-0.05, 0) is 42.4 Å². The van der Waals surface area contributed by atoms with Gasteiger partial charge in [-0.3, -0.25) is 4.79 Å². The van der Waals surface area contributed by atoms with E-state index in [4.69, 9.17) is 4.74 Å². The molecule has 1 fully saturated rings. The minimum atomic E-state index is 0.122. The highest BCUT2D eigenvalue weighted by Crippen LogP contribution is 2.32. The SMILES string of the molecule is O=C1C(CSCc2ccccc2)CC(CCCCOCc2ccccc2)N1Cc1ccccc1. The number of benzene rings is 3. The third-order valence-electron chi connectivity index (χ3n) is 6.44. The van der Waals surface area contributed by atoms with Gasteiger partial charge in [-0.15, -0.1) is 0 Å². The molecule has 1 heterocycles. The lowest BCUT2D eigenvalue weighted by Crippen LogP contribution is -2.33. The van der Waals surface area contributed by atoms with Gasteiger partial charge in [0.1, 0.15) is 0 Å². The third kappa shape index (κ3) is 7.48. The molecule has 3 aromatic rings. The molecular weight excluding hydrogens is 438 g/mol. The summed E-state index contributed by atoms with van der Waals surface area (Å²) >= 11 is 1.88. The number of hydrogen-bond donors (Lipinski definition) is 0. The molecule has 3 aromatic carbocycles. The van der Waals surface area contributed by atoms with Gasteiger partial charge in [0.25, 0.3) is 0 Å². The molecule has 34 heavy (non-hydrogen) atoms. The molecule has 3 nitrogen and oxygen atoms in total. The largest absolute Gasteiger partial charge is 0.377 e. The lowest BCUT2D eigenvalue weighted by atomic mass is 10.0. The summed E-state index contributed by atoms with van der Waals surface area (Å²) in [5, 5.41) is 0. The van der Waals surface area contributed by atoms with Gasteiger partial charge in [0.2, 0.25) is 5.91 Å². The van der Waals surface area contributed by atoms with E-state index in [0.717, 1.165) is 43.8 Å². The number of ether oxygens (including phenoxy) is 1. The van der Waals surface area contributed by atoms with Crippen LogP contribution in [0.1, 0.15) is 42.4 Å². The molecule has 1 aliphatic rings. The molecular formula is C30H35NO2S. The summed E-state index contributed by atoms with van der Waals surface area (Å²) in [4.78, 5) is 15.5. The van der Waals surface area contributed by atoms with Crippen LogP contribution in [-0.4, -0.2) is 29.2 Å². The first-order valence-corrected chi connectivity index (χ1v) is 13.5. The molecule has 0 aliphatic carbocycles. The summed E-state index contributed by atoms with van der Waals surface area (Å²) < 4.78 is 5.86. The van der Waals surface area contributed by atoms with E-state index in [2.05, 4.69) is 65.6 Å². The van der Waals surface area contributed by atoms with Crippen molar-refractivity contribution in [2.45, 2.75) is 50.6 Å². The van der Waals surface area contributed by atoms with Crippen LogP contribution in [0.3, 0.4) is 0 Å². The van der Waals surface area contributed by atoms with Crippen molar-refractivity contribution in [3.05, 3.63) is 108 Å². The van der Waals surface area contributed by atoms with E-state index >= 15 is 0 Å². The topological polar surface area (TPSA) is 29.5 Å². The van der Waals surface area contributed by atoms with Crippen LogP contribution in [-0.2, 0) is 28.4 Å². The summed E-state index contributed by atoms with van der Waals surface area (Å²) in [5.41, 5.74) is 3.75. The molecule has 2 atom stereocenters. The Morgan fingerprint density at radius 3 is 2.09 bits per heavy atom. The zero-order chi connectivity index (χ0) is 23.4. The van der Waals surface area contributed by atoms with E-state index in [-0.39, 0.29) is 5.92 Å². The first kappa shape index (κ1) is 24.6. The number of thioether (sulfide) groups is 1. The minimum absolute atomic E-state index is 0.122. The number of unbranched alkanes of at least 4 members (excludes halogenated alkanes) is 1. The van der Waals surface area contributed by atoms with Crippen LogP contribution in [0, 0.1) is 5.92 Å². The number of rotatable bonds is 13. The molecule has 4 rings (SSSR count). The maximum atomic E-state index is 13.3. The highest BCUT2D eigenvalue weighted by Gasteiger charge is 2.38. The van der Waals surface area contributed by atoms with Gasteiger partial charge in [-0.2, -0.15) is 11.8 Å². The molecule has 0 spiro atoms. The van der Waals surface area contributed by atoms with E-state index in [0.29, 0.717) is 25.1 Å². The van der Waals surface area contributed by atoms with Crippen LogP contribution in [0.4, 0.5) is 0 Å². The molecule has 0 radical (unpaired) electrons. The van der Waals surface area contributed by atoms with Crippen molar-refractivity contribution in [2.24, 2.45) is 5.92 Å². The average Bonchev–Trinajstić information content (AvgIpc) is 3.17. The van der Waals surface area contributed by atoms with Gasteiger partial charge in [-0.1, -0.05) is 91.0 Å².